The van der Waals surface area contributed by atoms with Crippen molar-refractivity contribution < 1.29 is 8.95 Å². The van der Waals surface area contributed by atoms with Crippen LogP contribution in [0, 0.1) is 5.92 Å². The van der Waals surface area contributed by atoms with Crippen LogP contribution in [0.2, 0.25) is 0 Å². The Labute approximate surface area is 190 Å². The third-order valence-corrected chi connectivity index (χ3v) is 6.53. The summed E-state index contributed by atoms with van der Waals surface area (Å²) in [5.74, 6) is 2.97. The zero-order valence-corrected chi connectivity index (χ0v) is 20.7. The van der Waals surface area contributed by atoms with Crippen LogP contribution in [0.1, 0.15) is 52.0 Å². The highest BCUT2D eigenvalue weighted by Gasteiger charge is 2.25. The lowest BCUT2D eigenvalue weighted by Gasteiger charge is -2.30. The Morgan fingerprint density at radius 3 is 2.82 bits per heavy atom. The molecule has 5 nitrogen and oxygen atoms in total. The van der Waals surface area contributed by atoms with E-state index in [1.54, 1.807) is 7.05 Å². The molecular formula is C21H36IN3O2S. The molecule has 1 aliphatic rings. The summed E-state index contributed by atoms with van der Waals surface area (Å²) in [6.07, 6.45) is 4.27. The number of guanidine groups is 1. The molecule has 0 saturated heterocycles. The average molecular weight is 522 g/mol. The fourth-order valence-corrected chi connectivity index (χ4v) is 4.68. The number of hydrogen-bond donors (Lipinski definition) is 2. The number of ether oxygens (including phenoxy) is 1. The summed E-state index contributed by atoms with van der Waals surface area (Å²) in [6, 6.07) is 8.52. The molecule has 1 aliphatic carbocycles. The third-order valence-electron chi connectivity index (χ3n) is 4.79. The largest absolute Gasteiger partial charge is 0.493 e. The minimum atomic E-state index is -0.707. The summed E-state index contributed by atoms with van der Waals surface area (Å²) in [7, 11) is 1.09. The van der Waals surface area contributed by atoms with Gasteiger partial charge in [-0.3, -0.25) is 9.20 Å². The van der Waals surface area contributed by atoms with Gasteiger partial charge in [0.25, 0.3) is 0 Å². The zero-order chi connectivity index (χ0) is 19.6. The van der Waals surface area contributed by atoms with Crippen LogP contribution < -0.4 is 15.4 Å². The molecule has 7 heteroatoms. The molecule has 1 fully saturated rings. The van der Waals surface area contributed by atoms with E-state index in [0.717, 1.165) is 55.3 Å². The topological polar surface area (TPSA) is 62.7 Å². The monoisotopic (exact) mass is 521 g/mol. The Morgan fingerprint density at radius 2 is 2.14 bits per heavy atom. The Hall–Kier alpha value is -0.830. The third kappa shape index (κ3) is 8.68. The molecule has 0 bridgehead atoms. The van der Waals surface area contributed by atoms with E-state index < -0.39 is 10.8 Å². The molecule has 1 saturated carbocycles. The molecule has 0 heterocycles. The molecule has 3 atom stereocenters. The second-order valence-corrected chi connectivity index (χ2v) is 9.58. The van der Waals surface area contributed by atoms with E-state index in [9.17, 15) is 4.21 Å². The van der Waals surface area contributed by atoms with Crippen molar-refractivity contribution in [3.63, 3.8) is 0 Å². The summed E-state index contributed by atoms with van der Waals surface area (Å²) in [5, 5.41) is 7.22. The number of benzene rings is 1. The molecule has 0 spiro atoms. The first-order valence-corrected chi connectivity index (χ1v) is 11.5. The van der Waals surface area contributed by atoms with Gasteiger partial charge >= 0.3 is 0 Å². The lowest BCUT2D eigenvalue weighted by molar-refractivity contribution is 0.271. The number of hydrogen-bond acceptors (Lipinski definition) is 3. The molecule has 1 aromatic carbocycles. The van der Waals surface area contributed by atoms with Crippen LogP contribution in [0.3, 0.4) is 0 Å². The molecular weight excluding hydrogens is 485 g/mol. The predicted octanol–water partition coefficient (Wildman–Crippen LogP) is 4.08. The maximum Gasteiger partial charge on any atom is 0.191 e. The summed E-state index contributed by atoms with van der Waals surface area (Å²) in [5.41, 5.74) is 1.16. The van der Waals surface area contributed by atoms with Crippen molar-refractivity contribution >= 4 is 40.7 Å². The van der Waals surface area contributed by atoms with Crippen molar-refractivity contribution in [3.05, 3.63) is 29.8 Å². The Bertz CT molecular complexity index is 640. The number of nitrogens with zero attached hydrogens (tertiary/aromatic N) is 1. The van der Waals surface area contributed by atoms with Gasteiger partial charge in [-0.1, -0.05) is 39.3 Å². The van der Waals surface area contributed by atoms with Gasteiger partial charge < -0.3 is 15.4 Å². The van der Waals surface area contributed by atoms with Crippen LogP contribution in [-0.2, 0) is 17.3 Å². The highest BCUT2D eigenvalue weighted by Crippen LogP contribution is 2.23. The van der Waals surface area contributed by atoms with Gasteiger partial charge in [-0.2, -0.15) is 0 Å². The predicted molar refractivity (Wildman–Crippen MR) is 130 cm³/mol. The summed E-state index contributed by atoms with van der Waals surface area (Å²) in [6.45, 7) is 7.71. The summed E-state index contributed by atoms with van der Waals surface area (Å²) < 4.78 is 17.9. The standard InChI is InChI=1S/C21H35N3O2S.HI/c1-5-27(25)20-11-7-9-18(13-20)24-21(22-4)23-14-17-8-6-10-19(12-17)26-15-16(2)3;/h6,8,10,12,16,18,20H,5,7,9,11,13-15H2,1-4H3,(H2,22,23,24);1H. The maximum absolute atomic E-state index is 12.1. The fourth-order valence-electron chi connectivity index (χ4n) is 3.33. The fraction of sp³-hybridized carbons (Fsp3) is 0.667. The van der Waals surface area contributed by atoms with Gasteiger partial charge in [0.1, 0.15) is 5.75 Å². The normalized spacial score (nSPS) is 21.0. The highest BCUT2D eigenvalue weighted by atomic mass is 127. The Balaban J connectivity index is 0.00000392. The van der Waals surface area contributed by atoms with Crippen LogP contribution >= 0.6 is 24.0 Å². The molecule has 2 N–H and O–H groups in total. The molecule has 0 aromatic heterocycles. The Kier molecular flexibility index (Phi) is 12.1. The van der Waals surface area contributed by atoms with E-state index in [0.29, 0.717) is 23.8 Å². The van der Waals surface area contributed by atoms with Gasteiger partial charge in [0, 0.05) is 41.4 Å². The first-order valence-electron chi connectivity index (χ1n) is 10.1. The van der Waals surface area contributed by atoms with Crippen molar-refractivity contribution in [2.45, 2.75) is 64.3 Å². The van der Waals surface area contributed by atoms with Crippen molar-refractivity contribution in [3.8, 4) is 5.75 Å². The van der Waals surface area contributed by atoms with E-state index in [4.69, 9.17) is 4.74 Å². The smallest absolute Gasteiger partial charge is 0.191 e. The first kappa shape index (κ1) is 25.2. The first-order chi connectivity index (χ1) is 13.0. The molecule has 0 aliphatic heterocycles. The van der Waals surface area contributed by atoms with Crippen LogP contribution in [0.5, 0.6) is 5.75 Å². The summed E-state index contributed by atoms with van der Waals surface area (Å²) >= 11 is 0. The van der Waals surface area contributed by atoms with Crippen LogP contribution in [0.4, 0.5) is 0 Å². The molecule has 0 radical (unpaired) electrons. The SMILES string of the molecule is CCS(=O)C1CCCC(NC(=NC)NCc2cccc(OCC(C)C)c2)C1.I. The lowest BCUT2D eigenvalue weighted by Crippen LogP contribution is -2.46. The second-order valence-electron chi connectivity index (χ2n) is 7.58. The Morgan fingerprint density at radius 1 is 1.36 bits per heavy atom. The number of nitrogens with one attached hydrogen (secondary N) is 2. The van der Waals surface area contributed by atoms with E-state index in [2.05, 4.69) is 41.6 Å². The van der Waals surface area contributed by atoms with Crippen molar-refractivity contribution in [1.29, 1.82) is 0 Å². The molecule has 28 heavy (non-hydrogen) atoms. The molecule has 160 valence electrons. The lowest BCUT2D eigenvalue weighted by atomic mass is 9.95. The van der Waals surface area contributed by atoms with E-state index in [1.807, 2.05) is 19.1 Å². The molecule has 0 amide bonds. The van der Waals surface area contributed by atoms with Crippen molar-refractivity contribution in [2.24, 2.45) is 10.9 Å². The number of rotatable bonds is 8. The van der Waals surface area contributed by atoms with E-state index in [-0.39, 0.29) is 24.0 Å². The number of aliphatic imine (C=N–C) groups is 1. The number of halogens is 1. The minimum absolute atomic E-state index is 0. The van der Waals surface area contributed by atoms with Gasteiger partial charge in [0.05, 0.1) is 6.61 Å². The van der Waals surface area contributed by atoms with Gasteiger partial charge in [0.15, 0.2) is 5.96 Å². The summed E-state index contributed by atoms with van der Waals surface area (Å²) in [4.78, 5) is 4.36. The van der Waals surface area contributed by atoms with Crippen LogP contribution in [-0.4, -0.2) is 40.9 Å². The van der Waals surface area contributed by atoms with Gasteiger partial charge in [-0.15, -0.1) is 24.0 Å². The van der Waals surface area contributed by atoms with Gasteiger partial charge in [0.2, 0.25) is 0 Å². The molecule has 1 aromatic rings. The van der Waals surface area contributed by atoms with Crippen molar-refractivity contribution in [2.75, 3.05) is 19.4 Å². The van der Waals surface area contributed by atoms with E-state index >= 15 is 0 Å². The second kappa shape index (κ2) is 13.4. The quantitative estimate of drug-likeness (QED) is 0.308. The minimum Gasteiger partial charge on any atom is -0.493 e. The van der Waals surface area contributed by atoms with Crippen molar-refractivity contribution in [1.82, 2.24) is 10.6 Å². The molecule has 2 rings (SSSR count). The van der Waals surface area contributed by atoms with Crippen LogP contribution in [0.25, 0.3) is 0 Å². The van der Waals surface area contributed by atoms with Crippen LogP contribution in [0.15, 0.2) is 29.3 Å². The van der Waals surface area contributed by atoms with E-state index in [1.165, 1.54) is 0 Å². The average Bonchev–Trinajstić information content (AvgIpc) is 2.69. The highest BCUT2D eigenvalue weighted by molar-refractivity contribution is 14.0. The van der Waals surface area contributed by atoms with Gasteiger partial charge in [-0.05, 0) is 42.9 Å². The van der Waals surface area contributed by atoms with Gasteiger partial charge in [-0.25, -0.2) is 0 Å². The zero-order valence-electron chi connectivity index (χ0n) is 17.6. The molecule has 3 unspecified atom stereocenters. The maximum atomic E-state index is 12.1.